The highest BCUT2D eigenvalue weighted by Crippen LogP contribution is 2.31. The Morgan fingerprint density at radius 1 is 1.64 bits per heavy atom. The van der Waals surface area contributed by atoms with Crippen molar-refractivity contribution >= 4 is 17.6 Å². The Bertz CT molecular complexity index is 296. The van der Waals surface area contributed by atoms with Crippen molar-refractivity contribution in [2.75, 3.05) is 11.4 Å². The van der Waals surface area contributed by atoms with Gasteiger partial charge in [-0.15, -0.1) is 11.6 Å². The molecule has 14 heavy (non-hydrogen) atoms. The topological polar surface area (TPSA) is 29.3 Å². The second kappa shape index (κ2) is 4.22. The summed E-state index contributed by atoms with van der Waals surface area (Å²) in [6, 6.07) is 1.39. The van der Waals surface area contributed by atoms with E-state index in [1.165, 1.54) is 12.8 Å². The van der Waals surface area contributed by atoms with Crippen LogP contribution in [0.5, 0.6) is 0 Å². The maximum absolute atomic E-state index is 5.68. The molecule has 0 bridgehead atoms. The summed E-state index contributed by atoms with van der Waals surface area (Å²) in [5, 5.41) is 0. The number of aromatic nitrogens is 1. The molecule has 2 rings (SSSR count). The van der Waals surface area contributed by atoms with Gasteiger partial charge in [0, 0.05) is 12.6 Å². The van der Waals surface area contributed by atoms with Crippen molar-refractivity contribution in [3.8, 4) is 0 Å². The lowest BCUT2D eigenvalue weighted by Crippen LogP contribution is -2.26. The number of hydrogen-bond acceptors (Lipinski definition) is 3. The Morgan fingerprint density at radius 3 is 2.93 bits per heavy atom. The van der Waals surface area contributed by atoms with Crippen LogP contribution in [-0.2, 0) is 5.88 Å². The summed E-state index contributed by atoms with van der Waals surface area (Å²) < 4.78 is 5.40. The standard InChI is InChI=1S/C10H15ClN2O/c1-2-5-13(9-3-4-9)10-12-8(6-11)7-14-10/h7,9H,2-6H2,1H3. The maximum atomic E-state index is 5.68. The van der Waals surface area contributed by atoms with E-state index in [4.69, 9.17) is 16.0 Å². The third kappa shape index (κ3) is 2.03. The zero-order valence-electron chi connectivity index (χ0n) is 8.37. The molecule has 3 nitrogen and oxygen atoms in total. The average molecular weight is 215 g/mol. The van der Waals surface area contributed by atoms with Gasteiger partial charge in [0.15, 0.2) is 0 Å². The quantitative estimate of drug-likeness (QED) is 0.706. The number of alkyl halides is 1. The van der Waals surface area contributed by atoms with Gasteiger partial charge < -0.3 is 9.32 Å². The molecule has 78 valence electrons. The molecule has 0 saturated heterocycles. The maximum Gasteiger partial charge on any atom is 0.297 e. The molecule has 1 saturated carbocycles. The van der Waals surface area contributed by atoms with Gasteiger partial charge in [-0.05, 0) is 19.3 Å². The van der Waals surface area contributed by atoms with Crippen LogP contribution in [-0.4, -0.2) is 17.6 Å². The highest BCUT2D eigenvalue weighted by atomic mass is 35.5. The molecule has 0 aromatic carbocycles. The summed E-state index contributed by atoms with van der Waals surface area (Å²) in [6.07, 6.45) is 5.29. The summed E-state index contributed by atoms with van der Waals surface area (Å²) in [5.41, 5.74) is 0.823. The molecular weight excluding hydrogens is 200 g/mol. The number of halogens is 1. The second-order valence-corrected chi connectivity index (χ2v) is 3.95. The SMILES string of the molecule is CCCN(c1nc(CCl)co1)C1CC1. The van der Waals surface area contributed by atoms with E-state index in [0.29, 0.717) is 11.9 Å². The third-order valence-electron chi connectivity index (χ3n) is 2.37. The van der Waals surface area contributed by atoms with Gasteiger partial charge in [-0.3, -0.25) is 0 Å². The summed E-state index contributed by atoms with van der Waals surface area (Å²) in [5.74, 6) is 0.425. The smallest absolute Gasteiger partial charge is 0.297 e. The molecule has 4 heteroatoms. The van der Waals surface area contributed by atoms with Gasteiger partial charge in [-0.2, -0.15) is 4.98 Å². The molecule has 0 radical (unpaired) electrons. The van der Waals surface area contributed by atoms with E-state index in [1.54, 1.807) is 6.26 Å². The summed E-state index contributed by atoms with van der Waals surface area (Å²) >= 11 is 5.68. The first-order valence-electron chi connectivity index (χ1n) is 5.12. The molecule has 0 aliphatic heterocycles. The van der Waals surface area contributed by atoms with E-state index in [0.717, 1.165) is 24.7 Å². The lowest BCUT2D eigenvalue weighted by Gasteiger charge is -2.18. The molecule has 0 spiro atoms. The van der Waals surface area contributed by atoms with Gasteiger partial charge in [0.25, 0.3) is 6.01 Å². The minimum Gasteiger partial charge on any atom is -0.432 e. The summed E-state index contributed by atoms with van der Waals surface area (Å²) in [7, 11) is 0. The number of rotatable bonds is 5. The molecule has 1 heterocycles. The van der Waals surface area contributed by atoms with Gasteiger partial charge in [-0.1, -0.05) is 6.92 Å². The van der Waals surface area contributed by atoms with E-state index in [1.807, 2.05) is 0 Å². The predicted octanol–water partition coefficient (Wildman–Crippen LogP) is 2.79. The predicted molar refractivity (Wildman–Crippen MR) is 56.7 cm³/mol. The number of anilines is 1. The van der Waals surface area contributed by atoms with Crippen LogP contribution in [0.4, 0.5) is 6.01 Å². The summed E-state index contributed by atoms with van der Waals surface area (Å²) in [4.78, 5) is 6.58. The van der Waals surface area contributed by atoms with Crippen LogP contribution in [0.15, 0.2) is 10.7 Å². The zero-order valence-corrected chi connectivity index (χ0v) is 9.13. The van der Waals surface area contributed by atoms with Crippen LogP contribution in [0.2, 0.25) is 0 Å². The van der Waals surface area contributed by atoms with Crippen LogP contribution in [0.25, 0.3) is 0 Å². The lowest BCUT2D eigenvalue weighted by molar-refractivity contribution is 0.528. The highest BCUT2D eigenvalue weighted by Gasteiger charge is 2.31. The summed E-state index contributed by atoms with van der Waals surface area (Å²) in [6.45, 7) is 3.19. The van der Waals surface area contributed by atoms with Crippen molar-refractivity contribution < 1.29 is 4.42 Å². The second-order valence-electron chi connectivity index (χ2n) is 3.68. The normalized spacial score (nSPS) is 15.9. The van der Waals surface area contributed by atoms with Crippen LogP contribution in [0.1, 0.15) is 31.9 Å². The minimum absolute atomic E-state index is 0.425. The Morgan fingerprint density at radius 2 is 2.43 bits per heavy atom. The first-order chi connectivity index (χ1) is 6.85. The van der Waals surface area contributed by atoms with Gasteiger partial charge in [0.05, 0.1) is 11.6 Å². The van der Waals surface area contributed by atoms with Gasteiger partial charge in [-0.25, -0.2) is 0 Å². The number of oxazole rings is 1. The van der Waals surface area contributed by atoms with E-state index < -0.39 is 0 Å². The molecule has 0 amide bonds. The molecule has 1 fully saturated rings. The minimum atomic E-state index is 0.425. The lowest BCUT2D eigenvalue weighted by atomic mass is 10.4. The first kappa shape index (κ1) is 9.84. The first-order valence-corrected chi connectivity index (χ1v) is 5.65. The molecule has 1 aliphatic rings. The van der Waals surface area contributed by atoms with E-state index in [-0.39, 0.29) is 0 Å². The zero-order chi connectivity index (χ0) is 9.97. The van der Waals surface area contributed by atoms with Crippen molar-refractivity contribution in [1.29, 1.82) is 0 Å². The highest BCUT2D eigenvalue weighted by molar-refractivity contribution is 6.16. The molecule has 0 N–H and O–H groups in total. The van der Waals surface area contributed by atoms with E-state index in [2.05, 4.69) is 16.8 Å². The van der Waals surface area contributed by atoms with Gasteiger partial charge >= 0.3 is 0 Å². The van der Waals surface area contributed by atoms with Crippen LogP contribution in [0, 0.1) is 0 Å². The average Bonchev–Trinajstić information content (AvgIpc) is 2.92. The monoisotopic (exact) mass is 214 g/mol. The van der Waals surface area contributed by atoms with Crippen molar-refractivity contribution in [1.82, 2.24) is 4.98 Å². The molecule has 0 atom stereocenters. The third-order valence-corrected chi connectivity index (χ3v) is 2.65. The molecule has 1 aromatic heterocycles. The van der Waals surface area contributed by atoms with Crippen LogP contribution < -0.4 is 4.90 Å². The molecule has 1 aliphatic carbocycles. The molecule has 0 unspecified atom stereocenters. The Labute approximate surface area is 89.1 Å². The van der Waals surface area contributed by atoms with E-state index in [9.17, 15) is 0 Å². The van der Waals surface area contributed by atoms with Gasteiger partial charge in [0.2, 0.25) is 0 Å². The van der Waals surface area contributed by atoms with Crippen molar-refractivity contribution in [3.63, 3.8) is 0 Å². The van der Waals surface area contributed by atoms with Crippen LogP contribution >= 0.6 is 11.6 Å². The molecule has 1 aromatic rings. The number of nitrogens with zero attached hydrogens (tertiary/aromatic N) is 2. The van der Waals surface area contributed by atoms with Crippen molar-refractivity contribution in [3.05, 3.63) is 12.0 Å². The molecular formula is C10H15ClN2O. The van der Waals surface area contributed by atoms with E-state index >= 15 is 0 Å². The Balaban J connectivity index is 2.08. The number of hydrogen-bond donors (Lipinski definition) is 0. The van der Waals surface area contributed by atoms with Gasteiger partial charge in [0.1, 0.15) is 6.26 Å². The fraction of sp³-hybridized carbons (Fsp3) is 0.700. The fourth-order valence-electron chi connectivity index (χ4n) is 1.55. The largest absolute Gasteiger partial charge is 0.432 e. The van der Waals surface area contributed by atoms with Crippen molar-refractivity contribution in [2.45, 2.75) is 38.1 Å². The Kier molecular flexibility index (Phi) is 2.96. The van der Waals surface area contributed by atoms with Crippen LogP contribution in [0.3, 0.4) is 0 Å². The Hall–Kier alpha value is -0.700. The fourth-order valence-corrected chi connectivity index (χ4v) is 1.67. The van der Waals surface area contributed by atoms with Crippen molar-refractivity contribution in [2.24, 2.45) is 0 Å².